The van der Waals surface area contributed by atoms with Gasteiger partial charge in [0.15, 0.2) is 12.4 Å². The standard InChI is InChI=1S/C11H12O7/c1-6-9(7(3-12)4-13)17-11(18-10(6)15)8(5-14)16-2/h3-5,7-9,11H,1H2,2H3/t8?,9-,11+/m0/s1. The average Bonchev–Trinajstić information content (AvgIpc) is 2.37. The number of methoxy groups -OCH3 is 1. The highest BCUT2D eigenvalue weighted by Gasteiger charge is 2.41. The van der Waals surface area contributed by atoms with Gasteiger partial charge in [-0.1, -0.05) is 6.58 Å². The Morgan fingerprint density at radius 2 is 1.89 bits per heavy atom. The van der Waals surface area contributed by atoms with Crippen LogP contribution >= 0.6 is 0 Å². The van der Waals surface area contributed by atoms with Gasteiger partial charge in [-0.2, -0.15) is 0 Å². The second kappa shape index (κ2) is 6.18. The lowest BCUT2D eigenvalue weighted by atomic mass is 9.98. The van der Waals surface area contributed by atoms with Gasteiger partial charge < -0.3 is 28.6 Å². The Bertz CT molecular complexity index is 368. The van der Waals surface area contributed by atoms with Crippen molar-refractivity contribution in [3.8, 4) is 0 Å². The fourth-order valence-electron chi connectivity index (χ4n) is 1.42. The lowest BCUT2D eigenvalue weighted by molar-refractivity contribution is -0.229. The van der Waals surface area contributed by atoms with E-state index in [0.717, 1.165) is 0 Å². The first kappa shape index (κ1) is 14.2. The Kier molecular flexibility index (Phi) is 4.87. The molecule has 0 bridgehead atoms. The summed E-state index contributed by atoms with van der Waals surface area (Å²) < 4.78 is 14.7. The molecule has 0 amide bonds. The van der Waals surface area contributed by atoms with Crippen molar-refractivity contribution in [2.24, 2.45) is 5.92 Å². The highest BCUT2D eigenvalue weighted by molar-refractivity contribution is 5.92. The van der Waals surface area contributed by atoms with Gasteiger partial charge in [-0.3, -0.25) is 0 Å². The van der Waals surface area contributed by atoms with E-state index in [9.17, 15) is 19.2 Å². The third kappa shape index (κ3) is 2.69. The molecule has 0 aliphatic carbocycles. The van der Waals surface area contributed by atoms with Crippen molar-refractivity contribution in [2.45, 2.75) is 18.5 Å². The summed E-state index contributed by atoms with van der Waals surface area (Å²) in [7, 11) is 1.23. The molecule has 0 radical (unpaired) electrons. The summed E-state index contributed by atoms with van der Waals surface area (Å²) in [5.74, 6) is -2.02. The predicted molar refractivity (Wildman–Crippen MR) is 56.4 cm³/mol. The molecule has 1 unspecified atom stereocenters. The van der Waals surface area contributed by atoms with Gasteiger partial charge in [0.05, 0.1) is 5.57 Å². The van der Waals surface area contributed by atoms with Crippen molar-refractivity contribution in [2.75, 3.05) is 7.11 Å². The van der Waals surface area contributed by atoms with Crippen LogP contribution in [0.5, 0.6) is 0 Å². The van der Waals surface area contributed by atoms with Crippen molar-refractivity contribution in [3.05, 3.63) is 12.2 Å². The molecular formula is C11H12O7. The van der Waals surface area contributed by atoms with Crippen LogP contribution in [0.15, 0.2) is 12.2 Å². The number of esters is 1. The van der Waals surface area contributed by atoms with Crippen molar-refractivity contribution in [1.82, 2.24) is 0 Å². The highest BCUT2D eigenvalue weighted by atomic mass is 16.7. The molecule has 7 heteroatoms. The fraction of sp³-hybridized carbons (Fsp3) is 0.455. The smallest absolute Gasteiger partial charge is 0.338 e. The highest BCUT2D eigenvalue weighted by Crippen LogP contribution is 2.24. The minimum Gasteiger partial charge on any atom is -0.429 e. The van der Waals surface area contributed by atoms with Gasteiger partial charge in [-0.15, -0.1) is 0 Å². The second-order valence-corrected chi connectivity index (χ2v) is 3.54. The molecular weight excluding hydrogens is 244 g/mol. The van der Waals surface area contributed by atoms with E-state index >= 15 is 0 Å². The van der Waals surface area contributed by atoms with Crippen LogP contribution in [-0.2, 0) is 33.4 Å². The Morgan fingerprint density at radius 1 is 1.28 bits per heavy atom. The quantitative estimate of drug-likeness (QED) is 0.261. The zero-order valence-corrected chi connectivity index (χ0v) is 9.61. The molecule has 0 saturated carbocycles. The largest absolute Gasteiger partial charge is 0.429 e. The van der Waals surface area contributed by atoms with E-state index in [1.54, 1.807) is 0 Å². The van der Waals surface area contributed by atoms with Gasteiger partial charge in [0.25, 0.3) is 0 Å². The van der Waals surface area contributed by atoms with E-state index in [4.69, 9.17) is 14.2 Å². The van der Waals surface area contributed by atoms with Crippen LogP contribution < -0.4 is 0 Å². The summed E-state index contributed by atoms with van der Waals surface area (Å²) in [6.07, 6.45) is -2.53. The maximum Gasteiger partial charge on any atom is 0.338 e. The first-order valence-electron chi connectivity index (χ1n) is 5.03. The van der Waals surface area contributed by atoms with E-state index in [1.165, 1.54) is 7.11 Å². The summed E-state index contributed by atoms with van der Waals surface area (Å²) in [5.41, 5.74) is -0.156. The maximum absolute atomic E-state index is 11.5. The van der Waals surface area contributed by atoms with E-state index < -0.39 is 30.4 Å². The summed E-state index contributed by atoms with van der Waals surface area (Å²) in [5, 5.41) is 0. The second-order valence-electron chi connectivity index (χ2n) is 3.54. The number of hydrogen-bond donors (Lipinski definition) is 0. The summed E-state index contributed by atoms with van der Waals surface area (Å²) >= 11 is 0. The monoisotopic (exact) mass is 256 g/mol. The molecule has 1 heterocycles. The molecule has 98 valence electrons. The molecule has 1 aliphatic rings. The van der Waals surface area contributed by atoms with E-state index in [2.05, 4.69) is 6.58 Å². The number of cyclic esters (lactones) is 1. The van der Waals surface area contributed by atoms with E-state index in [0.29, 0.717) is 18.9 Å². The average molecular weight is 256 g/mol. The molecule has 1 saturated heterocycles. The number of aldehydes is 3. The normalized spacial score (nSPS) is 25.4. The fourth-order valence-corrected chi connectivity index (χ4v) is 1.42. The van der Waals surface area contributed by atoms with E-state index in [-0.39, 0.29) is 5.57 Å². The number of hydrogen-bond acceptors (Lipinski definition) is 7. The molecule has 18 heavy (non-hydrogen) atoms. The molecule has 0 N–H and O–H groups in total. The number of carbonyl (C=O) groups excluding carboxylic acids is 4. The van der Waals surface area contributed by atoms with Gasteiger partial charge in [-0.25, -0.2) is 4.79 Å². The molecule has 1 fully saturated rings. The first-order valence-corrected chi connectivity index (χ1v) is 5.03. The van der Waals surface area contributed by atoms with Crippen molar-refractivity contribution in [3.63, 3.8) is 0 Å². The van der Waals surface area contributed by atoms with Gasteiger partial charge in [0.1, 0.15) is 24.6 Å². The summed E-state index contributed by atoms with van der Waals surface area (Å²) in [4.78, 5) is 43.6. The van der Waals surface area contributed by atoms with Crippen LogP contribution in [0.25, 0.3) is 0 Å². The van der Waals surface area contributed by atoms with Crippen molar-refractivity contribution < 1.29 is 33.4 Å². The minimum atomic E-state index is -1.31. The van der Waals surface area contributed by atoms with Crippen LogP contribution in [0.1, 0.15) is 0 Å². The molecule has 0 aromatic carbocycles. The van der Waals surface area contributed by atoms with Crippen LogP contribution in [0.2, 0.25) is 0 Å². The van der Waals surface area contributed by atoms with Crippen molar-refractivity contribution in [1.29, 1.82) is 0 Å². The molecule has 1 rings (SSSR count). The Labute approximate surface area is 103 Å². The SMILES string of the molecule is C=C1C(=O)O[C@H](C(C=O)OC)O[C@@H]1C(C=O)C=O. The molecule has 0 spiro atoms. The number of carbonyl (C=O) groups is 4. The lowest BCUT2D eigenvalue weighted by Gasteiger charge is -2.33. The van der Waals surface area contributed by atoms with Crippen LogP contribution in [0.3, 0.4) is 0 Å². The molecule has 0 aromatic heterocycles. The van der Waals surface area contributed by atoms with Crippen LogP contribution in [0, 0.1) is 5.92 Å². The first-order chi connectivity index (χ1) is 8.58. The Hall–Kier alpha value is -1.86. The van der Waals surface area contributed by atoms with Crippen LogP contribution in [0.4, 0.5) is 0 Å². The lowest BCUT2D eigenvalue weighted by Crippen LogP contribution is -2.48. The number of rotatable bonds is 6. The van der Waals surface area contributed by atoms with Gasteiger partial charge in [0, 0.05) is 7.11 Å². The molecule has 7 nitrogen and oxygen atoms in total. The van der Waals surface area contributed by atoms with Gasteiger partial charge >= 0.3 is 5.97 Å². The summed E-state index contributed by atoms with van der Waals surface area (Å²) in [6, 6.07) is 0. The molecule has 0 aromatic rings. The molecule has 1 aliphatic heterocycles. The van der Waals surface area contributed by atoms with E-state index in [1.807, 2.05) is 0 Å². The predicted octanol–water partition coefficient (Wildman–Crippen LogP) is -0.961. The third-order valence-corrected chi connectivity index (χ3v) is 2.45. The summed E-state index contributed by atoms with van der Waals surface area (Å²) in [6.45, 7) is 3.39. The third-order valence-electron chi connectivity index (χ3n) is 2.45. The van der Waals surface area contributed by atoms with Gasteiger partial charge in [0.2, 0.25) is 6.29 Å². The number of ether oxygens (including phenoxy) is 3. The minimum absolute atomic E-state index is 0.156. The van der Waals surface area contributed by atoms with Crippen molar-refractivity contribution >= 4 is 24.8 Å². The Balaban J connectivity index is 2.93. The molecule has 3 atom stereocenters. The topological polar surface area (TPSA) is 96.0 Å². The zero-order valence-electron chi connectivity index (χ0n) is 9.61. The van der Waals surface area contributed by atoms with Crippen LogP contribution in [-0.4, -0.2) is 50.4 Å². The zero-order chi connectivity index (χ0) is 13.7. The van der Waals surface area contributed by atoms with Gasteiger partial charge in [-0.05, 0) is 0 Å². The maximum atomic E-state index is 11.5. The Morgan fingerprint density at radius 3 is 2.33 bits per heavy atom.